The second-order valence-corrected chi connectivity index (χ2v) is 5.48. The van der Waals surface area contributed by atoms with Gasteiger partial charge in [0.25, 0.3) is 0 Å². The summed E-state index contributed by atoms with van der Waals surface area (Å²) >= 11 is 1.82. The molecule has 2 heterocycles. The van der Waals surface area contributed by atoms with Crippen LogP contribution in [0.4, 0.5) is 0 Å². The van der Waals surface area contributed by atoms with Crippen LogP contribution >= 0.6 is 11.8 Å². The monoisotopic (exact) mass is 228 g/mol. The van der Waals surface area contributed by atoms with Gasteiger partial charge >= 0.3 is 0 Å². The molecule has 1 N–H and O–H groups in total. The van der Waals surface area contributed by atoms with Gasteiger partial charge < -0.3 is 4.90 Å². The molecule has 3 nitrogen and oxygen atoms in total. The van der Waals surface area contributed by atoms with Crippen LogP contribution in [-0.4, -0.2) is 41.6 Å². The summed E-state index contributed by atoms with van der Waals surface area (Å²) < 4.78 is 0. The third-order valence-electron chi connectivity index (χ3n) is 3.52. The number of hydrogen-bond donors (Lipinski definition) is 1. The Morgan fingerprint density at radius 3 is 2.73 bits per heavy atom. The molecule has 0 aromatic rings. The molecule has 2 aliphatic heterocycles. The number of nitrogens with zero attached hydrogens (tertiary/aromatic N) is 1. The van der Waals surface area contributed by atoms with Gasteiger partial charge in [-0.3, -0.25) is 10.1 Å². The normalized spacial score (nSPS) is 28.3. The van der Waals surface area contributed by atoms with E-state index in [9.17, 15) is 4.79 Å². The molecule has 1 atom stereocenters. The summed E-state index contributed by atoms with van der Waals surface area (Å²) in [6.45, 7) is 4.19. The standard InChI is InChI=1S/C11H20N2OS/c1-2-9-3-5-13(6-4-9)11(14)10-7-15-8-12-10/h9-10,12H,2-8H2,1H3. The van der Waals surface area contributed by atoms with Gasteiger partial charge in [-0.1, -0.05) is 13.3 Å². The van der Waals surface area contributed by atoms with Crippen LogP contribution in [0, 0.1) is 5.92 Å². The molecular formula is C11H20N2OS. The molecule has 2 aliphatic rings. The maximum atomic E-state index is 12.0. The molecule has 2 fully saturated rings. The molecule has 15 heavy (non-hydrogen) atoms. The van der Waals surface area contributed by atoms with Crippen LogP contribution in [0.1, 0.15) is 26.2 Å². The van der Waals surface area contributed by atoms with E-state index in [1.165, 1.54) is 19.3 Å². The fourth-order valence-corrected chi connectivity index (χ4v) is 3.27. The Morgan fingerprint density at radius 2 is 2.20 bits per heavy atom. The van der Waals surface area contributed by atoms with Crippen molar-refractivity contribution in [1.82, 2.24) is 10.2 Å². The Bertz CT molecular complexity index is 221. The van der Waals surface area contributed by atoms with Crippen LogP contribution in [0.3, 0.4) is 0 Å². The number of hydrogen-bond acceptors (Lipinski definition) is 3. The minimum Gasteiger partial charge on any atom is -0.341 e. The predicted octanol–water partition coefficient (Wildman–Crippen LogP) is 1.30. The van der Waals surface area contributed by atoms with Crippen LogP contribution in [0.15, 0.2) is 0 Å². The molecular weight excluding hydrogens is 208 g/mol. The van der Waals surface area contributed by atoms with E-state index >= 15 is 0 Å². The Hall–Kier alpha value is -0.220. The van der Waals surface area contributed by atoms with Crippen molar-refractivity contribution in [2.24, 2.45) is 5.92 Å². The quantitative estimate of drug-likeness (QED) is 0.773. The maximum Gasteiger partial charge on any atom is 0.240 e. The Labute approximate surface area is 96.0 Å². The van der Waals surface area contributed by atoms with Crippen LogP contribution in [-0.2, 0) is 4.79 Å². The largest absolute Gasteiger partial charge is 0.341 e. The van der Waals surface area contributed by atoms with Gasteiger partial charge in [0.1, 0.15) is 0 Å². The van der Waals surface area contributed by atoms with E-state index < -0.39 is 0 Å². The Balaban J connectivity index is 1.81. The molecule has 0 aromatic heterocycles. The first-order chi connectivity index (χ1) is 7.31. The minimum atomic E-state index is 0.0909. The highest BCUT2D eigenvalue weighted by atomic mass is 32.2. The van der Waals surface area contributed by atoms with Crippen molar-refractivity contribution in [3.8, 4) is 0 Å². The highest BCUT2D eigenvalue weighted by Gasteiger charge is 2.29. The molecule has 0 spiro atoms. The van der Waals surface area contributed by atoms with Crippen molar-refractivity contribution < 1.29 is 4.79 Å². The summed E-state index contributed by atoms with van der Waals surface area (Å²) in [5.74, 6) is 3.06. The van der Waals surface area contributed by atoms with Gasteiger partial charge in [-0.25, -0.2) is 0 Å². The molecule has 0 bridgehead atoms. The van der Waals surface area contributed by atoms with Crippen molar-refractivity contribution in [3.63, 3.8) is 0 Å². The first-order valence-electron chi connectivity index (χ1n) is 5.91. The Morgan fingerprint density at radius 1 is 1.47 bits per heavy atom. The first-order valence-corrected chi connectivity index (χ1v) is 7.06. The summed E-state index contributed by atoms with van der Waals surface area (Å²) in [6, 6.07) is 0.0909. The summed E-state index contributed by atoms with van der Waals surface area (Å²) in [4.78, 5) is 14.1. The number of thioether (sulfide) groups is 1. The molecule has 0 aromatic carbocycles. The third-order valence-corrected chi connectivity index (χ3v) is 4.46. The van der Waals surface area contributed by atoms with Gasteiger partial charge in [0.15, 0.2) is 0 Å². The van der Waals surface area contributed by atoms with Gasteiger partial charge in [-0.15, -0.1) is 11.8 Å². The summed E-state index contributed by atoms with van der Waals surface area (Å²) in [5.41, 5.74) is 0. The number of piperidine rings is 1. The molecule has 86 valence electrons. The van der Waals surface area contributed by atoms with Crippen molar-refractivity contribution in [3.05, 3.63) is 0 Å². The number of nitrogens with one attached hydrogen (secondary N) is 1. The summed E-state index contributed by atoms with van der Waals surface area (Å²) in [5, 5.41) is 3.25. The van der Waals surface area contributed by atoms with E-state index in [0.717, 1.165) is 30.6 Å². The average molecular weight is 228 g/mol. The van der Waals surface area contributed by atoms with Gasteiger partial charge in [-0.05, 0) is 18.8 Å². The molecule has 2 rings (SSSR count). The molecule has 4 heteroatoms. The van der Waals surface area contributed by atoms with E-state index in [-0.39, 0.29) is 6.04 Å². The average Bonchev–Trinajstić information content (AvgIpc) is 2.82. The number of amides is 1. The highest BCUT2D eigenvalue weighted by molar-refractivity contribution is 7.99. The number of likely N-dealkylation sites (tertiary alicyclic amines) is 1. The second-order valence-electron chi connectivity index (χ2n) is 4.45. The van der Waals surface area contributed by atoms with E-state index in [1.54, 1.807) is 0 Å². The van der Waals surface area contributed by atoms with Crippen LogP contribution in [0.25, 0.3) is 0 Å². The third kappa shape index (κ3) is 2.67. The van der Waals surface area contributed by atoms with Gasteiger partial charge in [0.05, 0.1) is 6.04 Å². The lowest BCUT2D eigenvalue weighted by Gasteiger charge is -2.33. The smallest absolute Gasteiger partial charge is 0.240 e. The molecule has 1 amide bonds. The van der Waals surface area contributed by atoms with Crippen LogP contribution in [0.2, 0.25) is 0 Å². The number of carbonyl (C=O) groups is 1. The Kier molecular flexibility index (Phi) is 3.92. The fraction of sp³-hybridized carbons (Fsp3) is 0.909. The zero-order valence-corrected chi connectivity index (χ0v) is 10.2. The minimum absolute atomic E-state index is 0.0909. The molecule has 0 saturated carbocycles. The van der Waals surface area contributed by atoms with Crippen molar-refractivity contribution >= 4 is 17.7 Å². The SMILES string of the molecule is CCC1CCN(C(=O)C2CSCN2)CC1. The van der Waals surface area contributed by atoms with E-state index in [0.29, 0.717) is 5.91 Å². The lowest BCUT2D eigenvalue weighted by atomic mass is 9.94. The number of carbonyl (C=O) groups excluding carboxylic acids is 1. The van der Waals surface area contributed by atoms with Gasteiger partial charge in [-0.2, -0.15) is 0 Å². The maximum absolute atomic E-state index is 12.0. The summed E-state index contributed by atoms with van der Waals surface area (Å²) in [6.07, 6.45) is 3.66. The van der Waals surface area contributed by atoms with E-state index in [4.69, 9.17) is 0 Å². The highest BCUT2D eigenvalue weighted by Crippen LogP contribution is 2.21. The van der Waals surface area contributed by atoms with Crippen molar-refractivity contribution in [2.45, 2.75) is 32.2 Å². The first kappa shape index (κ1) is 11.3. The lowest BCUT2D eigenvalue weighted by molar-refractivity contribution is -0.134. The van der Waals surface area contributed by atoms with E-state index in [1.807, 2.05) is 11.8 Å². The topological polar surface area (TPSA) is 32.3 Å². The van der Waals surface area contributed by atoms with Crippen molar-refractivity contribution in [1.29, 1.82) is 0 Å². The molecule has 2 saturated heterocycles. The zero-order chi connectivity index (χ0) is 10.7. The van der Waals surface area contributed by atoms with Crippen LogP contribution in [0.5, 0.6) is 0 Å². The molecule has 0 radical (unpaired) electrons. The zero-order valence-electron chi connectivity index (χ0n) is 9.37. The predicted molar refractivity (Wildman–Crippen MR) is 63.8 cm³/mol. The lowest BCUT2D eigenvalue weighted by Crippen LogP contribution is -2.47. The van der Waals surface area contributed by atoms with E-state index in [2.05, 4.69) is 17.1 Å². The molecule has 0 aliphatic carbocycles. The molecule has 1 unspecified atom stereocenters. The van der Waals surface area contributed by atoms with Crippen molar-refractivity contribution in [2.75, 3.05) is 24.7 Å². The fourth-order valence-electron chi connectivity index (χ4n) is 2.34. The van der Waals surface area contributed by atoms with Crippen LogP contribution < -0.4 is 5.32 Å². The van der Waals surface area contributed by atoms with Gasteiger partial charge in [0.2, 0.25) is 5.91 Å². The van der Waals surface area contributed by atoms with Gasteiger partial charge in [0, 0.05) is 24.7 Å². The summed E-state index contributed by atoms with van der Waals surface area (Å²) in [7, 11) is 0. The second kappa shape index (κ2) is 5.21. The number of rotatable bonds is 2.